The highest BCUT2D eigenvalue weighted by Crippen LogP contribution is 2.45. The van der Waals surface area contributed by atoms with Crippen LogP contribution in [0.1, 0.15) is 51.2 Å². The van der Waals surface area contributed by atoms with Crippen molar-refractivity contribution in [3.63, 3.8) is 0 Å². The molecule has 2 aliphatic heterocycles. The molecular weight excluding hydrogens is 394 g/mol. The quantitative estimate of drug-likeness (QED) is 0.412. The molecule has 7 heteroatoms. The number of hydrogen-bond donors (Lipinski definition) is 0. The van der Waals surface area contributed by atoms with Crippen LogP contribution in [0.2, 0.25) is 5.02 Å². The summed E-state index contributed by atoms with van der Waals surface area (Å²) in [6.07, 6.45) is 2.61. The van der Waals surface area contributed by atoms with Gasteiger partial charge in [-0.3, -0.25) is 19.4 Å². The van der Waals surface area contributed by atoms with Gasteiger partial charge in [0.15, 0.2) is 5.11 Å². The van der Waals surface area contributed by atoms with Crippen LogP contribution in [0, 0.1) is 0 Å². The van der Waals surface area contributed by atoms with E-state index in [0.717, 1.165) is 18.7 Å². The minimum atomic E-state index is -0.411. The van der Waals surface area contributed by atoms with E-state index in [1.54, 1.807) is 20.2 Å². The van der Waals surface area contributed by atoms with Crippen LogP contribution in [0.25, 0.3) is 6.08 Å². The summed E-state index contributed by atoms with van der Waals surface area (Å²) < 4.78 is 0. The van der Waals surface area contributed by atoms with Crippen molar-refractivity contribution in [1.82, 2.24) is 9.80 Å². The molecule has 0 saturated carbocycles. The fraction of sp³-hybridized carbons (Fsp3) is 0.476. The normalized spacial score (nSPS) is 22.0. The highest BCUT2D eigenvalue weighted by atomic mass is 35.5. The first kappa shape index (κ1) is 20.8. The maximum Gasteiger partial charge on any atom is 0.265 e. The Bertz CT molecular complexity index is 883. The number of carbonyl (C=O) groups is 2. The van der Waals surface area contributed by atoms with E-state index in [9.17, 15) is 9.59 Å². The van der Waals surface area contributed by atoms with Crippen molar-refractivity contribution in [2.24, 2.45) is 0 Å². The molecule has 0 radical (unpaired) electrons. The third-order valence-corrected chi connectivity index (χ3v) is 6.64. The molecule has 28 heavy (non-hydrogen) atoms. The summed E-state index contributed by atoms with van der Waals surface area (Å²) in [5, 5.41) is 0.715. The zero-order valence-electron chi connectivity index (χ0n) is 17.2. The lowest BCUT2D eigenvalue weighted by molar-refractivity contribution is -0.132. The minimum absolute atomic E-state index is 0.0426. The first-order valence-corrected chi connectivity index (χ1v) is 10.2. The number of fused-ring (bicyclic) bond motifs is 1. The number of benzene rings is 1. The lowest BCUT2D eigenvalue weighted by atomic mass is 9.79. The summed E-state index contributed by atoms with van der Waals surface area (Å²) in [6.45, 7) is 9.71. The average Bonchev–Trinajstić information content (AvgIpc) is 2.62. The fourth-order valence-corrected chi connectivity index (χ4v) is 4.74. The molecule has 1 aromatic rings. The van der Waals surface area contributed by atoms with Crippen LogP contribution in [-0.4, -0.2) is 52.9 Å². The summed E-state index contributed by atoms with van der Waals surface area (Å²) in [6, 6.07) is 3.97. The van der Waals surface area contributed by atoms with E-state index < -0.39 is 11.8 Å². The van der Waals surface area contributed by atoms with Gasteiger partial charge in [0.25, 0.3) is 11.8 Å². The Morgan fingerprint density at radius 2 is 1.79 bits per heavy atom. The molecule has 3 rings (SSSR count). The fourth-order valence-electron chi connectivity index (χ4n) is 4.36. The first-order chi connectivity index (χ1) is 13.0. The number of hydrogen-bond acceptors (Lipinski definition) is 4. The number of carbonyl (C=O) groups excluding carboxylic acids is 2. The largest absolute Gasteiger partial charge is 0.366 e. The zero-order valence-corrected chi connectivity index (χ0v) is 18.7. The summed E-state index contributed by atoms with van der Waals surface area (Å²) >= 11 is 11.7. The van der Waals surface area contributed by atoms with Crippen molar-refractivity contribution < 1.29 is 9.59 Å². The van der Waals surface area contributed by atoms with Crippen LogP contribution < -0.4 is 4.90 Å². The lowest BCUT2D eigenvalue weighted by Crippen LogP contribution is -2.52. The van der Waals surface area contributed by atoms with E-state index in [2.05, 4.69) is 32.6 Å². The van der Waals surface area contributed by atoms with Crippen LogP contribution in [0.3, 0.4) is 0 Å². The number of halogens is 1. The molecule has 1 aromatic carbocycles. The first-order valence-electron chi connectivity index (χ1n) is 9.42. The van der Waals surface area contributed by atoms with Gasteiger partial charge in [-0.2, -0.15) is 0 Å². The molecule has 5 nitrogen and oxygen atoms in total. The third kappa shape index (κ3) is 3.22. The van der Waals surface area contributed by atoms with Gasteiger partial charge in [-0.05, 0) is 74.7 Å². The summed E-state index contributed by atoms with van der Waals surface area (Å²) in [4.78, 5) is 30.2. The summed E-state index contributed by atoms with van der Waals surface area (Å²) in [5.74, 6) is -0.476. The predicted molar refractivity (Wildman–Crippen MR) is 118 cm³/mol. The maximum absolute atomic E-state index is 12.6. The van der Waals surface area contributed by atoms with E-state index in [1.807, 2.05) is 12.1 Å². The van der Waals surface area contributed by atoms with E-state index in [1.165, 1.54) is 15.4 Å². The number of anilines is 1. The van der Waals surface area contributed by atoms with Gasteiger partial charge >= 0.3 is 0 Å². The molecule has 0 N–H and O–H groups in total. The number of likely N-dealkylation sites (N-methyl/N-ethyl adjacent to an activating group) is 2. The van der Waals surface area contributed by atoms with E-state index >= 15 is 0 Å². The Labute approximate surface area is 176 Å². The molecular formula is C21H26ClN3O2S. The van der Waals surface area contributed by atoms with Crippen LogP contribution in [0.15, 0.2) is 17.7 Å². The third-order valence-electron chi connectivity index (χ3n) is 5.76. The molecule has 1 atom stereocenters. The van der Waals surface area contributed by atoms with Gasteiger partial charge in [-0.1, -0.05) is 18.5 Å². The second-order valence-corrected chi connectivity index (χ2v) is 8.94. The van der Waals surface area contributed by atoms with Crippen LogP contribution in [0.5, 0.6) is 0 Å². The molecule has 2 aliphatic rings. The number of amides is 2. The number of thiocarbonyl (C=S) groups is 1. The lowest BCUT2D eigenvalue weighted by Gasteiger charge is -2.47. The van der Waals surface area contributed by atoms with Gasteiger partial charge in [-0.25, -0.2) is 0 Å². The van der Waals surface area contributed by atoms with Crippen LogP contribution in [-0.2, 0) is 9.59 Å². The topological polar surface area (TPSA) is 43.9 Å². The molecule has 1 unspecified atom stereocenters. The molecule has 1 saturated heterocycles. The molecule has 2 amide bonds. The smallest absolute Gasteiger partial charge is 0.265 e. The second kappa shape index (κ2) is 7.16. The van der Waals surface area contributed by atoms with Crippen LogP contribution >= 0.6 is 23.8 Å². The van der Waals surface area contributed by atoms with Gasteiger partial charge in [0.2, 0.25) is 0 Å². The Morgan fingerprint density at radius 3 is 2.32 bits per heavy atom. The highest BCUT2D eigenvalue weighted by Gasteiger charge is 2.37. The van der Waals surface area contributed by atoms with Crippen molar-refractivity contribution in [2.45, 2.75) is 45.6 Å². The van der Waals surface area contributed by atoms with Gasteiger partial charge in [0, 0.05) is 36.9 Å². The minimum Gasteiger partial charge on any atom is -0.366 e. The second-order valence-electron chi connectivity index (χ2n) is 8.16. The van der Waals surface area contributed by atoms with Crippen molar-refractivity contribution in [1.29, 1.82) is 0 Å². The molecule has 2 heterocycles. The Morgan fingerprint density at radius 1 is 1.21 bits per heavy atom. The summed E-state index contributed by atoms with van der Waals surface area (Å²) in [7, 11) is 3.14. The standard InChI is InChI=1S/C21H26ClN3O2S/c1-7-25-17-10-16(22)13(8-14(17)12(2)11-21(25,3)4)9-15-18(26)23(5)20(28)24(6)19(15)27/h8-10,12H,7,11H2,1-6H3. The van der Waals surface area contributed by atoms with Crippen molar-refractivity contribution >= 4 is 52.5 Å². The summed E-state index contributed by atoms with van der Waals surface area (Å²) in [5.41, 5.74) is 3.09. The molecule has 1 fully saturated rings. The Kier molecular flexibility index (Phi) is 5.32. The van der Waals surface area contributed by atoms with E-state index in [-0.39, 0.29) is 16.2 Å². The van der Waals surface area contributed by atoms with E-state index in [0.29, 0.717) is 16.5 Å². The van der Waals surface area contributed by atoms with E-state index in [4.69, 9.17) is 23.8 Å². The molecule has 0 aliphatic carbocycles. The van der Waals surface area contributed by atoms with Crippen LogP contribution in [0.4, 0.5) is 5.69 Å². The Balaban J connectivity index is 2.12. The van der Waals surface area contributed by atoms with Gasteiger partial charge in [0.1, 0.15) is 5.57 Å². The molecule has 150 valence electrons. The highest BCUT2D eigenvalue weighted by molar-refractivity contribution is 7.80. The van der Waals surface area contributed by atoms with Gasteiger partial charge in [0.05, 0.1) is 0 Å². The van der Waals surface area contributed by atoms with Crippen molar-refractivity contribution in [2.75, 3.05) is 25.5 Å². The SMILES string of the molecule is CCN1c2cc(Cl)c(C=C3C(=O)N(C)C(=S)N(C)C3=O)cc2C(C)CC1(C)C. The monoisotopic (exact) mass is 419 g/mol. The average molecular weight is 420 g/mol. The molecule has 0 spiro atoms. The maximum atomic E-state index is 12.6. The number of nitrogens with zero attached hydrogens (tertiary/aromatic N) is 3. The van der Waals surface area contributed by atoms with Gasteiger partial charge < -0.3 is 4.90 Å². The zero-order chi connectivity index (χ0) is 21.0. The number of rotatable bonds is 2. The van der Waals surface area contributed by atoms with Crippen molar-refractivity contribution in [3.8, 4) is 0 Å². The van der Waals surface area contributed by atoms with Gasteiger partial charge in [-0.15, -0.1) is 0 Å². The predicted octanol–water partition coefficient (Wildman–Crippen LogP) is 4.05. The Hall–Kier alpha value is -1.92. The molecule has 0 bridgehead atoms. The van der Waals surface area contributed by atoms with Crippen molar-refractivity contribution in [3.05, 3.63) is 33.9 Å². The molecule has 0 aromatic heterocycles.